The number of cyclic esters (lactones) is 1. The van der Waals surface area contributed by atoms with Crippen molar-refractivity contribution >= 4 is 17.5 Å². The average Bonchev–Trinajstić information content (AvgIpc) is 3.49. The van der Waals surface area contributed by atoms with Crippen molar-refractivity contribution < 1.29 is 23.9 Å². The summed E-state index contributed by atoms with van der Waals surface area (Å²) in [5, 5.41) is 20.8. The smallest absolute Gasteiger partial charge is 0.414 e. The highest BCUT2D eigenvalue weighted by Gasteiger charge is 2.33. The Labute approximate surface area is 188 Å². The van der Waals surface area contributed by atoms with Gasteiger partial charge in [-0.15, -0.1) is 5.10 Å². The molecule has 0 aliphatic carbocycles. The van der Waals surface area contributed by atoms with E-state index in [1.165, 1.54) is 11.0 Å². The molecule has 1 aromatic carbocycles. The predicted octanol–water partition coefficient (Wildman–Crippen LogP) is 2.38. The number of hydrogen-bond donors (Lipinski definition) is 1. The van der Waals surface area contributed by atoms with Crippen LogP contribution in [0.2, 0.25) is 0 Å². The molecule has 0 spiro atoms. The van der Waals surface area contributed by atoms with Gasteiger partial charge in [0.15, 0.2) is 6.10 Å². The summed E-state index contributed by atoms with van der Waals surface area (Å²) >= 11 is 0. The third kappa shape index (κ3) is 4.40. The maximum absolute atomic E-state index is 15.0. The zero-order chi connectivity index (χ0) is 22.8. The van der Waals surface area contributed by atoms with Gasteiger partial charge in [0, 0.05) is 23.5 Å². The van der Waals surface area contributed by atoms with Crippen LogP contribution in [-0.2, 0) is 16.1 Å². The van der Waals surface area contributed by atoms with Crippen molar-refractivity contribution in [2.24, 2.45) is 5.16 Å². The quantitative estimate of drug-likeness (QED) is 0.611. The SMILES string of the molecule is O=C1OC(Cn2ccnn2)CN1c1ccc(-c2ccc(C3=NOC(CO)CC3)nc2)c(F)c1. The zero-order valence-corrected chi connectivity index (χ0v) is 17.5. The maximum atomic E-state index is 15.0. The molecule has 170 valence electrons. The lowest BCUT2D eigenvalue weighted by Crippen LogP contribution is -2.26. The Hall–Kier alpha value is -3.86. The summed E-state index contributed by atoms with van der Waals surface area (Å²) in [7, 11) is 0. The fourth-order valence-electron chi connectivity index (χ4n) is 3.83. The summed E-state index contributed by atoms with van der Waals surface area (Å²) in [6, 6.07) is 8.14. The van der Waals surface area contributed by atoms with E-state index < -0.39 is 18.0 Å². The third-order valence-electron chi connectivity index (χ3n) is 5.59. The summed E-state index contributed by atoms with van der Waals surface area (Å²) in [5.41, 5.74) is 2.72. The van der Waals surface area contributed by atoms with E-state index in [4.69, 9.17) is 14.7 Å². The first-order chi connectivity index (χ1) is 16.1. The monoisotopic (exact) mass is 452 g/mol. The van der Waals surface area contributed by atoms with Crippen molar-refractivity contribution in [2.75, 3.05) is 18.1 Å². The molecular formula is C22H21FN6O4. The number of nitrogens with zero attached hydrogens (tertiary/aromatic N) is 6. The molecule has 0 radical (unpaired) electrons. The molecule has 3 aromatic rings. The number of halogens is 1. The van der Waals surface area contributed by atoms with E-state index in [0.29, 0.717) is 47.6 Å². The van der Waals surface area contributed by atoms with Crippen molar-refractivity contribution in [1.82, 2.24) is 20.0 Å². The number of benzene rings is 1. The van der Waals surface area contributed by atoms with E-state index in [0.717, 1.165) is 0 Å². The number of aliphatic hydroxyl groups excluding tert-OH is 1. The van der Waals surface area contributed by atoms with Gasteiger partial charge in [-0.2, -0.15) is 0 Å². The van der Waals surface area contributed by atoms with E-state index in [9.17, 15) is 9.18 Å². The second-order valence-electron chi connectivity index (χ2n) is 7.82. The molecule has 1 N–H and O–H groups in total. The van der Waals surface area contributed by atoms with Gasteiger partial charge in [0.1, 0.15) is 17.6 Å². The lowest BCUT2D eigenvalue weighted by atomic mass is 10.0. The Kier molecular flexibility index (Phi) is 5.69. The van der Waals surface area contributed by atoms with Crippen molar-refractivity contribution in [2.45, 2.75) is 31.6 Å². The molecular weight excluding hydrogens is 431 g/mol. The minimum atomic E-state index is -0.530. The lowest BCUT2D eigenvalue weighted by Gasteiger charge is -2.19. The van der Waals surface area contributed by atoms with Crippen LogP contribution >= 0.6 is 0 Å². The number of carbonyl (C=O) groups is 1. The molecule has 2 aliphatic heterocycles. The van der Waals surface area contributed by atoms with Crippen LogP contribution in [0.15, 0.2) is 54.1 Å². The van der Waals surface area contributed by atoms with Crippen molar-refractivity contribution in [1.29, 1.82) is 0 Å². The standard InChI is InChI=1S/C22H21FN6O4/c23-19-9-15(29-12-17(32-22(29)31)11-28-8-7-25-27-28)2-4-18(19)14-1-5-20(24-10-14)21-6-3-16(13-30)33-26-21/h1-2,4-5,7-10,16-17,30H,3,6,11-13H2. The zero-order valence-electron chi connectivity index (χ0n) is 17.5. The van der Waals surface area contributed by atoms with Crippen LogP contribution in [-0.4, -0.2) is 62.2 Å². The van der Waals surface area contributed by atoms with Crippen LogP contribution in [0, 0.1) is 5.82 Å². The van der Waals surface area contributed by atoms with Gasteiger partial charge in [-0.05, 0) is 37.1 Å². The van der Waals surface area contributed by atoms with Crippen LogP contribution in [0.3, 0.4) is 0 Å². The molecule has 11 heteroatoms. The molecule has 0 bridgehead atoms. The summed E-state index contributed by atoms with van der Waals surface area (Å²) in [5.74, 6) is -0.473. The number of anilines is 1. The molecule has 2 aromatic heterocycles. The third-order valence-corrected chi connectivity index (χ3v) is 5.59. The normalized spacial score (nSPS) is 20.4. The number of carbonyl (C=O) groups excluding carboxylic acids is 1. The van der Waals surface area contributed by atoms with Gasteiger partial charge in [-0.1, -0.05) is 16.4 Å². The van der Waals surface area contributed by atoms with Crippen LogP contribution in [0.25, 0.3) is 11.1 Å². The molecule has 0 saturated carbocycles. The number of ether oxygens (including phenoxy) is 1. The number of aliphatic hydroxyl groups is 1. The number of hydrogen-bond acceptors (Lipinski definition) is 8. The van der Waals surface area contributed by atoms with Crippen LogP contribution in [0.1, 0.15) is 18.5 Å². The average molecular weight is 452 g/mol. The number of rotatable bonds is 6. The Morgan fingerprint density at radius 3 is 2.79 bits per heavy atom. The van der Waals surface area contributed by atoms with Gasteiger partial charge >= 0.3 is 6.09 Å². The summed E-state index contributed by atoms with van der Waals surface area (Å²) in [4.78, 5) is 23.3. The van der Waals surface area contributed by atoms with Crippen molar-refractivity contribution in [3.63, 3.8) is 0 Å². The van der Waals surface area contributed by atoms with Gasteiger partial charge in [0.05, 0.1) is 37.3 Å². The van der Waals surface area contributed by atoms with Crippen LogP contribution in [0.4, 0.5) is 14.9 Å². The minimum absolute atomic E-state index is 0.0734. The van der Waals surface area contributed by atoms with Crippen LogP contribution < -0.4 is 4.90 Å². The summed E-state index contributed by atoms with van der Waals surface area (Å²) in [6.45, 7) is 0.586. The summed E-state index contributed by atoms with van der Waals surface area (Å²) < 4.78 is 21.9. The molecule has 1 fully saturated rings. The van der Waals surface area contributed by atoms with E-state index in [2.05, 4.69) is 20.5 Å². The van der Waals surface area contributed by atoms with Crippen molar-refractivity contribution in [3.05, 3.63) is 60.4 Å². The number of amides is 1. The first kappa shape index (κ1) is 21.0. The van der Waals surface area contributed by atoms with Gasteiger partial charge in [-0.3, -0.25) is 9.88 Å². The molecule has 1 amide bonds. The number of pyridine rings is 1. The largest absolute Gasteiger partial charge is 0.442 e. The highest BCUT2D eigenvalue weighted by Crippen LogP contribution is 2.29. The Morgan fingerprint density at radius 2 is 2.12 bits per heavy atom. The fourth-order valence-corrected chi connectivity index (χ4v) is 3.83. The molecule has 1 saturated heterocycles. The fraction of sp³-hybridized carbons (Fsp3) is 0.318. The molecule has 2 unspecified atom stereocenters. The Balaban J connectivity index is 1.29. The molecule has 2 atom stereocenters. The molecule has 5 rings (SSSR count). The first-order valence-corrected chi connectivity index (χ1v) is 10.5. The van der Waals surface area contributed by atoms with Gasteiger partial charge in [0.25, 0.3) is 0 Å². The van der Waals surface area contributed by atoms with E-state index in [1.807, 2.05) is 0 Å². The number of aromatic nitrogens is 4. The van der Waals surface area contributed by atoms with E-state index >= 15 is 0 Å². The van der Waals surface area contributed by atoms with Crippen molar-refractivity contribution in [3.8, 4) is 11.1 Å². The molecule has 33 heavy (non-hydrogen) atoms. The highest BCUT2D eigenvalue weighted by atomic mass is 19.1. The highest BCUT2D eigenvalue weighted by molar-refractivity contribution is 5.99. The van der Waals surface area contributed by atoms with E-state index in [-0.39, 0.29) is 19.3 Å². The molecule has 10 nitrogen and oxygen atoms in total. The topological polar surface area (TPSA) is 115 Å². The van der Waals surface area contributed by atoms with Gasteiger partial charge in [0.2, 0.25) is 0 Å². The minimum Gasteiger partial charge on any atom is -0.442 e. The maximum Gasteiger partial charge on any atom is 0.414 e. The van der Waals surface area contributed by atoms with Gasteiger partial charge < -0.3 is 14.7 Å². The lowest BCUT2D eigenvalue weighted by molar-refractivity contribution is 0.00448. The Bertz CT molecular complexity index is 1170. The van der Waals surface area contributed by atoms with Crippen LogP contribution in [0.5, 0.6) is 0 Å². The first-order valence-electron chi connectivity index (χ1n) is 10.5. The summed E-state index contributed by atoms with van der Waals surface area (Å²) in [6.07, 6.45) is 4.89. The predicted molar refractivity (Wildman–Crippen MR) is 115 cm³/mol. The second-order valence-corrected chi connectivity index (χ2v) is 7.82. The Morgan fingerprint density at radius 1 is 1.21 bits per heavy atom. The second kappa shape index (κ2) is 8.94. The molecule has 4 heterocycles. The molecule has 2 aliphatic rings. The van der Waals surface area contributed by atoms with Gasteiger partial charge in [-0.25, -0.2) is 13.9 Å². The number of oxime groups is 1. The van der Waals surface area contributed by atoms with E-state index in [1.54, 1.807) is 47.5 Å².